The van der Waals surface area contributed by atoms with Crippen molar-refractivity contribution in [1.29, 1.82) is 0 Å². The van der Waals surface area contributed by atoms with Crippen molar-refractivity contribution >= 4 is 0 Å². The molecule has 1 aliphatic heterocycles. The highest BCUT2D eigenvalue weighted by atomic mass is 15.3. The van der Waals surface area contributed by atoms with E-state index in [2.05, 4.69) is 32.5 Å². The van der Waals surface area contributed by atoms with Crippen molar-refractivity contribution in [2.24, 2.45) is 0 Å². The molecule has 1 fully saturated rings. The molecule has 0 saturated carbocycles. The van der Waals surface area contributed by atoms with Gasteiger partial charge in [-0.05, 0) is 38.9 Å². The highest BCUT2D eigenvalue weighted by Gasteiger charge is 2.15. The Hall–Kier alpha value is -1.44. The molecule has 1 heterocycles. The summed E-state index contributed by atoms with van der Waals surface area (Å²) in [7, 11) is 0. The van der Waals surface area contributed by atoms with Crippen molar-refractivity contribution in [3.8, 4) is 37.0 Å². The molecule has 0 atom stereocenters. The summed E-state index contributed by atoms with van der Waals surface area (Å²) in [4.78, 5) is 7.68. The predicted octanol–water partition coefficient (Wildman–Crippen LogP) is 2.15. The Morgan fingerprint density at radius 1 is 0.500 bits per heavy atom. The van der Waals surface area contributed by atoms with Crippen LogP contribution in [-0.4, -0.2) is 73.6 Å². The fraction of sp³-hybridized carbons (Fsp3) is 0.714. The summed E-state index contributed by atoms with van der Waals surface area (Å²) in [5.74, 6) is 8.25. The summed E-state index contributed by atoms with van der Waals surface area (Å²) < 4.78 is 0. The standard InChI is InChI=1S/C21H33N3/c1-4-7-10-13-22-16-18-23(14-11-8-5-2)20-21-24(19-17-22)15-12-9-6-3/h1-3H,7-21H2. The first kappa shape index (κ1) is 20.6. The van der Waals surface area contributed by atoms with Crippen LogP contribution < -0.4 is 0 Å². The number of hydrogen-bond acceptors (Lipinski definition) is 3. The summed E-state index contributed by atoms with van der Waals surface area (Å²) in [5.41, 5.74) is 0. The quantitative estimate of drug-likeness (QED) is 0.475. The number of rotatable bonds is 9. The Labute approximate surface area is 149 Å². The Balaban J connectivity index is 2.53. The number of nitrogens with zero attached hydrogens (tertiary/aromatic N) is 3. The average molecular weight is 328 g/mol. The SMILES string of the molecule is C#CCCCN1CCN(CCCC#C)CCN(CCCC#C)CC1. The van der Waals surface area contributed by atoms with E-state index in [0.29, 0.717) is 0 Å². The molecule has 1 saturated heterocycles. The van der Waals surface area contributed by atoms with Gasteiger partial charge >= 0.3 is 0 Å². The molecule has 0 aromatic carbocycles. The van der Waals surface area contributed by atoms with Crippen molar-refractivity contribution < 1.29 is 0 Å². The third-order valence-electron chi connectivity index (χ3n) is 4.58. The molecule has 0 bridgehead atoms. The van der Waals surface area contributed by atoms with E-state index >= 15 is 0 Å². The van der Waals surface area contributed by atoms with E-state index < -0.39 is 0 Å². The number of terminal acetylenes is 3. The fourth-order valence-corrected chi connectivity index (χ4v) is 3.07. The summed E-state index contributed by atoms with van der Waals surface area (Å²) >= 11 is 0. The maximum Gasteiger partial charge on any atom is 0.0110 e. The predicted molar refractivity (Wildman–Crippen MR) is 104 cm³/mol. The zero-order chi connectivity index (χ0) is 17.5. The summed E-state index contributed by atoms with van der Waals surface area (Å²) in [6, 6.07) is 0. The number of hydrogen-bond donors (Lipinski definition) is 0. The van der Waals surface area contributed by atoms with Crippen LogP contribution in [0.1, 0.15) is 38.5 Å². The first-order valence-electron chi connectivity index (χ1n) is 9.27. The molecule has 0 unspecified atom stereocenters. The molecule has 0 aromatic rings. The van der Waals surface area contributed by atoms with E-state index in [-0.39, 0.29) is 0 Å². The highest BCUT2D eigenvalue weighted by molar-refractivity contribution is 4.85. The fourth-order valence-electron chi connectivity index (χ4n) is 3.07. The van der Waals surface area contributed by atoms with Gasteiger partial charge in [0.2, 0.25) is 0 Å². The lowest BCUT2D eigenvalue weighted by atomic mass is 10.2. The Morgan fingerprint density at radius 2 is 0.750 bits per heavy atom. The summed E-state index contributed by atoms with van der Waals surface area (Å²) in [5, 5.41) is 0. The van der Waals surface area contributed by atoms with E-state index in [1.54, 1.807) is 0 Å². The van der Waals surface area contributed by atoms with Crippen molar-refractivity contribution in [2.75, 3.05) is 58.9 Å². The molecule has 0 spiro atoms. The molecule has 3 nitrogen and oxygen atoms in total. The zero-order valence-electron chi connectivity index (χ0n) is 15.2. The number of unbranched alkanes of at least 4 members (excludes halogenated alkanes) is 3. The van der Waals surface area contributed by atoms with Crippen LogP contribution in [-0.2, 0) is 0 Å². The van der Waals surface area contributed by atoms with Crippen molar-refractivity contribution in [2.45, 2.75) is 38.5 Å². The van der Waals surface area contributed by atoms with E-state index in [9.17, 15) is 0 Å². The topological polar surface area (TPSA) is 9.72 Å². The van der Waals surface area contributed by atoms with Crippen LogP contribution in [0.25, 0.3) is 0 Å². The lowest BCUT2D eigenvalue weighted by molar-refractivity contribution is 0.217. The minimum absolute atomic E-state index is 0.869. The van der Waals surface area contributed by atoms with E-state index in [1.165, 1.54) is 0 Å². The second-order valence-electron chi connectivity index (χ2n) is 6.45. The minimum Gasteiger partial charge on any atom is -0.301 e. The Kier molecular flexibility index (Phi) is 12.0. The van der Waals surface area contributed by atoms with Gasteiger partial charge < -0.3 is 14.7 Å². The highest BCUT2D eigenvalue weighted by Crippen LogP contribution is 2.05. The van der Waals surface area contributed by atoms with Crippen LogP contribution in [0.15, 0.2) is 0 Å². The third-order valence-corrected chi connectivity index (χ3v) is 4.58. The summed E-state index contributed by atoms with van der Waals surface area (Å²) in [6.07, 6.45) is 22.0. The van der Waals surface area contributed by atoms with Gasteiger partial charge in [0.25, 0.3) is 0 Å². The molecule has 24 heavy (non-hydrogen) atoms. The van der Waals surface area contributed by atoms with Gasteiger partial charge in [0.15, 0.2) is 0 Å². The molecule has 0 amide bonds. The average Bonchev–Trinajstić information content (AvgIpc) is 2.68. The van der Waals surface area contributed by atoms with Crippen LogP contribution in [0.5, 0.6) is 0 Å². The second-order valence-corrected chi connectivity index (χ2v) is 6.45. The molecule has 3 heteroatoms. The molecule has 132 valence electrons. The Bertz CT molecular complexity index is 359. The third kappa shape index (κ3) is 9.64. The van der Waals surface area contributed by atoms with E-state index in [4.69, 9.17) is 19.3 Å². The summed E-state index contributed by atoms with van der Waals surface area (Å²) in [6.45, 7) is 10.0. The van der Waals surface area contributed by atoms with Crippen LogP contribution in [0.3, 0.4) is 0 Å². The molecule has 0 N–H and O–H groups in total. The van der Waals surface area contributed by atoms with Gasteiger partial charge in [-0.15, -0.1) is 37.0 Å². The maximum atomic E-state index is 5.39. The van der Waals surface area contributed by atoms with Crippen LogP contribution >= 0.6 is 0 Å². The monoisotopic (exact) mass is 327 g/mol. The molecule has 1 rings (SSSR count). The van der Waals surface area contributed by atoms with Crippen LogP contribution in [0.2, 0.25) is 0 Å². The second kappa shape index (κ2) is 13.9. The maximum absolute atomic E-state index is 5.39. The smallest absolute Gasteiger partial charge is 0.0110 e. The van der Waals surface area contributed by atoms with Crippen molar-refractivity contribution in [3.63, 3.8) is 0 Å². The first-order valence-corrected chi connectivity index (χ1v) is 9.27. The molecule has 0 aromatic heterocycles. The van der Waals surface area contributed by atoms with Gasteiger partial charge in [0.05, 0.1) is 0 Å². The van der Waals surface area contributed by atoms with Gasteiger partial charge in [-0.25, -0.2) is 0 Å². The first-order chi connectivity index (χ1) is 11.8. The molecular formula is C21H33N3. The van der Waals surface area contributed by atoms with Gasteiger partial charge in [0.1, 0.15) is 0 Å². The van der Waals surface area contributed by atoms with Gasteiger partial charge in [-0.1, -0.05) is 0 Å². The van der Waals surface area contributed by atoms with E-state index in [1.807, 2.05) is 0 Å². The Morgan fingerprint density at radius 3 is 0.958 bits per heavy atom. The lowest BCUT2D eigenvalue weighted by Gasteiger charge is -2.25. The molecule has 1 aliphatic rings. The molecular weight excluding hydrogens is 294 g/mol. The molecule has 0 aliphatic carbocycles. The van der Waals surface area contributed by atoms with Crippen molar-refractivity contribution in [3.05, 3.63) is 0 Å². The largest absolute Gasteiger partial charge is 0.301 e. The lowest BCUT2D eigenvalue weighted by Crippen LogP contribution is -2.37. The van der Waals surface area contributed by atoms with Crippen molar-refractivity contribution in [1.82, 2.24) is 14.7 Å². The van der Waals surface area contributed by atoms with Gasteiger partial charge in [-0.2, -0.15) is 0 Å². The van der Waals surface area contributed by atoms with Crippen LogP contribution in [0, 0.1) is 37.0 Å². The normalized spacial score (nSPS) is 17.9. The zero-order valence-corrected chi connectivity index (χ0v) is 15.2. The van der Waals surface area contributed by atoms with Gasteiger partial charge in [0, 0.05) is 58.5 Å². The van der Waals surface area contributed by atoms with E-state index in [0.717, 1.165) is 97.4 Å². The van der Waals surface area contributed by atoms with Crippen LogP contribution in [0.4, 0.5) is 0 Å². The minimum atomic E-state index is 0.869. The molecule has 0 radical (unpaired) electrons. The van der Waals surface area contributed by atoms with Gasteiger partial charge in [-0.3, -0.25) is 0 Å².